The van der Waals surface area contributed by atoms with E-state index in [9.17, 15) is 31.2 Å². The van der Waals surface area contributed by atoms with E-state index in [2.05, 4.69) is 27.9 Å². The highest BCUT2D eigenvalue weighted by Crippen LogP contribution is 2.35. The lowest BCUT2D eigenvalue weighted by Crippen LogP contribution is -2.28. The Morgan fingerprint density at radius 3 is 1.33 bits per heavy atom. The molecule has 46 heavy (non-hydrogen) atoms. The number of rotatable bonds is 5. The first-order valence-electron chi connectivity index (χ1n) is 13.6. The predicted molar refractivity (Wildman–Crippen MR) is 164 cm³/mol. The lowest BCUT2D eigenvalue weighted by molar-refractivity contribution is -0.0500. The predicted octanol–water partition coefficient (Wildman–Crippen LogP) is 6.63. The zero-order valence-corrected chi connectivity index (χ0v) is 26.9. The number of halogens is 3. The van der Waals surface area contributed by atoms with E-state index in [0.29, 0.717) is 16.7 Å². The highest BCUT2D eigenvalue weighted by molar-refractivity contribution is 7.88. The summed E-state index contributed by atoms with van der Waals surface area (Å²) in [6.45, 7) is 10.4. The zero-order chi connectivity index (χ0) is 34.5. The van der Waals surface area contributed by atoms with Crippen LogP contribution < -0.4 is 8.92 Å². The van der Waals surface area contributed by atoms with Crippen molar-refractivity contribution in [1.82, 2.24) is 0 Å². The summed E-state index contributed by atoms with van der Waals surface area (Å²) in [6, 6.07) is 14.5. The lowest BCUT2D eigenvalue weighted by atomic mass is 10.0. The van der Waals surface area contributed by atoms with E-state index in [0.717, 1.165) is 13.2 Å². The molecule has 0 bridgehead atoms. The van der Waals surface area contributed by atoms with Gasteiger partial charge in [-0.3, -0.25) is 0 Å². The van der Waals surface area contributed by atoms with E-state index in [1.165, 1.54) is 30.3 Å². The molecular formula is C34H31F3O8S. The number of esters is 2. The first-order chi connectivity index (χ1) is 21.2. The number of methoxy groups -OCH3 is 1. The smallest absolute Gasteiger partial charge is 0.493 e. The molecule has 0 radical (unpaired) electrons. The van der Waals surface area contributed by atoms with Gasteiger partial charge in [-0.15, -0.1) is 0 Å². The number of carbonyl (C=O) groups excluding carboxylic acids is 2. The van der Waals surface area contributed by atoms with Crippen LogP contribution in [0, 0.1) is 23.7 Å². The van der Waals surface area contributed by atoms with Crippen molar-refractivity contribution in [3.8, 4) is 35.2 Å². The molecule has 0 aliphatic rings. The third kappa shape index (κ3) is 10.0. The fourth-order valence-electron chi connectivity index (χ4n) is 3.49. The second kappa shape index (κ2) is 13.6. The Labute approximate surface area is 265 Å². The van der Waals surface area contributed by atoms with Crippen LogP contribution >= 0.6 is 0 Å². The Morgan fingerprint density at radius 2 is 1.00 bits per heavy atom. The van der Waals surface area contributed by atoms with Crippen molar-refractivity contribution in [2.75, 3.05) is 7.11 Å². The first kappa shape index (κ1) is 35.5. The largest absolute Gasteiger partial charge is 0.534 e. The number of hydrogen-bond donors (Lipinski definition) is 0. The maximum Gasteiger partial charge on any atom is 0.534 e. The second-order valence-electron chi connectivity index (χ2n) is 11.7. The van der Waals surface area contributed by atoms with Crippen LogP contribution in [0.4, 0.5) is 13.2 Å². The fraction of sp³-hybridized carbons (Fsp3) is 0.294. The number of hydrogen-bond acceptors (Lipinski definition) is 8. The summed E-state index contributed by atoms with van der Waals surface area (Å²) in [5.74, 6) is 9.18. The number of benzene rings is 3. The topological polar surface area (TPSA) is 105 Å². The normalized spacial score (nSPS) is 11.7. The standard InChI is InChI=1S/C34H31F3O8S/c1-32(2,3)43-30(38)24-14-8-22(9-15-24)12-18-26-20-28(42-7)29(45-46(40,41)34(35,36)37)21-27(26)19-13-23-10-16-25(17-11-23)31(39)44-33(4,5)6/h8-11,14-17,20-21H,1-7H3. The minimum absolute atomic E-state index is 0.0160. The van der Waals surface area contributed by atoms with Crippen molar-refractivity contribution in [1.29, 1.82) is 0 Å². The molecule has 0 saturated carbocycles. The molecule has 12 heteroatoms. The van der Waals surface area contributed by atoms with E-state index in [1.807, 2.05) is 0 Å². The van der Waals surface area contributed by atoms with Crippen molar-refractivity contribution in [3.63, 3.8) is 0 Å². The SMILES string of the molecule is COc1cc(C#Cc2ccc(C(=O)OC(C)(C)C)cc2)c(C#Cc2ccc(C(=O)OC(C)(C)C)cc2)cc1OS(=O)(=O)C(F)(F)F. The quantitative estimate of drug-likeness (QED) is 0.130. The molecule has 242 valence electrons. The maximum atomic E-state index is 13.1. The number of ether oxygens (including phenoxy) is 3. The Morgan fingerprint density at radius 1 is 0.630 bits per heavy atom. The molecule has 0 aromatic heterocycles. The van der Waals surface area contributed by atoms with Crippen molar-refractivity contribution < 1.29 is 49.6 Å². The highest BCUT2D eigenvalue weighted by atomic mass is 32.2. The second-order valence-corrected chi connectivity index (χ2v) is 13.2. The van der Waals surface area contributed by atoms with Crippen molar-refractivity contribution >= 4 is 22.1 Å². The Balaban J connectivity index is 2.04. The molecule has 0 spiro atoms. The fourth-order valence-corrected chi connectivity index (χ4v) is 3.95. The molecule has 0 amide bonds. The lowest BCUT2D eigenvalue weighted by Gasteiger charge is -2.19. The summed E-state index contributed by atoms with van der Waals surface area (Å²) < 4.78 is 82.9. The molecule has 8 nitrogen and oxygen atoms in total. The van der Waals surface area contributed by atoms with Gasteiger partial charge in [0.2, 0.25) is 0 Å². The van der Waals surface area contributed by atoms with Crippen LogP contribution in [0.3, 0.4) is 0 Å². The first-order valence-corrected chi connectivity index (χ1v) is 15.0. The van der Waals surface area contributed by atoms with Gasteiger partial charge in [0.15, 0.2) is 11.5 Å². The zero-order valence-electron chi connectivity index (χ0n) is 26.1. The summed E-state index contributed by atoms with van der Waals surface area (Å²) in [7, 11) is -4.91. The molecule has 3 aromatic carbocycles. The summed E-state index contributed by atoms with van der Waals surface area (Å²) in [6.07, 6.45) is 0. The monoisotopic (exact) mass is 656 g/mol. The molecule has 0 aliphatic carbocycles. The maximum absolute atomic E-state index is 13.1. The molecule has 0 aliphatic heterocycles. The van der Waals surface area contributed by atoms with Crippen molar-refractivity contribution in [2.24, 2.45) is 0 Å². The van der Waals surface area contributed by atoms with E-state index in [-0.39, 0.29) is 22.4 Å². The van der Waals surface area contributed by atoms with Gasteiger partial charge in [0.05, 0.1) is 18.2 Å². The number of alkyl halides is 3. The molecule has 0 saturated heterocycles. The van der Waals surface area contributed by atoms with Crippen LogP contribution in [0.15, 0.2) is 60.7 Å². The van der Waals surface area contributed by atoms with Gasteiger partial charge >= 0.3 is 27.6 Å². The van der Waals surface area contributed by atoms with E-state index in [4.69, 9.17) is 14.2 Å². The third-order valence-corrected chi connectivity index (χ3v) is 6.47. The molecule has 3 rings (SSSR count). The van der Waals surface area contributed by atoms with Crippen molar-refractivity contribution in [3.05, 3.63) is 94.0 Å². The minimum Gasteiger partial charge on any atom is -0.493 e. The van der Waals surface area contributed by atoms with Crippen LogP contribution in [-0.2, 0) is 19.6 Å². The highest BCUT2D eigenvalue weighted by Gasteiger charge is 2.49. The molecule has 3 aromatic rings. The molecule has 0 heterocycles. The Bertz CT molecular complexity index is 1840. The molecule has 0 atom stereocenters. The summed E-state index contributed by atoms with van der Waals surface area (Å²) in [4.78, 5) is 24.6. The third-order valence-electron chi connectivity index (χ3n) is 5.51. The van der Waals surface area contributed by atoms with Gasteiger partial charge in [0.1, 0.15) is 11.2 Å². The van der Waals surface area contributed by atoms with E-state index < -0.39 is 44.5 Å². The van der Waals surface area contributed by atoms with Gasteiger partial charge in [-0.25, -0.2) is 9.59 Å². The van der Waals surface area contributed by atoms with Crippen LogP contribution in [0.5, 0.6) is 11.5 Å². The van der Waals surface area contributed by atoms with E-state index in [1.54, 1.807) is 65.8 Å². The van der Waals surface area contributed by atoms with Gasteiger partial charge < -0.3 is 18.4 Å². The average Bonchev–Trinajstić information content (AvgIpc) is 2.93. The Hall–Kier alpha value is -4.94. The van der Waals surface area contributed by atoms with Crippen LogP contribution in [0.2, 0.25) is 0 Å². The van der Waals surface area contributed by atoms with Crippen LogP contribution in [0.25, 0.3) is 0 Å². The van der Waals surface area contributed by atoms with Gasteiger partial charge in [-0.05, 0) is 90.1 Å². The summed E-state index contributed by atoms with van der Waals surface area (Å²) in [5, 5.41) is 0. The minimum atomic E-state index is -6.03. The van der Waals surface area contributed by atoms with Crippen molar-refractivity contribution in [2.45, 2.75) is 58.3 Å². The average molecular weight is 657 g/mol. The molecule has 0 fully saturated rings. The van der Waals surface area contributed by atoms with Gasteiger partial charge in [0.25, 0.3) is 0 Å². The molecule has 0 unspecified atom stereocenters. The Kier molecular flexibility index (Phi) is 10.5. The van der Waals surface area contributed by atoms with Gasteiger partial charge in [-0.1, -0.05) is 23.7 Å². The van der Waals surface area contributed by atoms with Crippen LogP contribution in [-0.4, -0.2) is 44.2 Å². The number of carbonyl (C=O) groups is 2. The van der Waals surface area contributed by atoms with Gasteiger partial charge in [-0.2, -0.15) is 21.6 Å². The summed E-state index contributed by atoms with van der Waals surface area (Å²) in [5.41, 5.74) is -5.40. The van der Waals surface area contributed by atoms with Crippen LogP contribution in [0.1, 0.15) is 84.5 Å². The summed E-state index contributed by atoms with van der Waals surface area (Å²) >= 11 is 0. The van der Waals surface area contributed by atoms with Gasteiger partial charge in [0, 0.05) is 34.4 Å². The molecule has 0 N–H and O–H groups in total. The molecular weight excluding hydrogens is 625 g/mol. The van der Waals surface area contributed by atoms with E-state index >= 15 is 0 Å².